The maximum atomic E-state index is 6.42. The van der Waals surface area contributed by atoms with Crippen LogP contribution in [-0.2, 0) is 59.5 Å². The van der Waals surface area contributed by atoms with Crippen molar-refractivity contribution >= 4 is 31.9 Å². The van der Waals surface area contributed by atoms with Crippen molar-refractivity contribution in [3.8, 4) is 67.7 Å². The van der Waals surface area contributed by atoms with Crippen molar-refractivity contribution in [2.45, 2.75) is 304 Å². The van der Waals surface area contributed by atoms with Gasteiger partial charge in [0.1, 0.15) is 11.5 Å². The summed E-state index contributed by atoms with van der Waals surface area (Å²) in [5, 5.41) is 0. The van der Waals surface area contributed by atoms with Gasteiger partial charge in [0.25, 0.3) is 0 Å². The standard InChI is InChI=1S/C65H80Br2N2O2.2C19H24N.2Ir/c1-38-31-56(64-48(11)40(3)42(5)50(13)68-64)46(9)44(7)54(38)27-23-19-15-17-21-25-29-70-62-36-58-52(34-60(62)66)33-53-35-61(67)63(37-59(53)58)71-30-26-22-18-16-20-24-28-55-39(2)32-57(47(10)45(55)8)65-49(12)41(4)43(6)51(14)69-65;2*1-10-9-18(15(6)12(3)11(10)2)19-16(7)13(4)14(5)17(8)20-19;;/h34-37H,15-30,33H2,1-14H3;2*1-8H3;;/q-2;2*-1;;. The number of hydrogen-bond acceptors (Lipinski definition) is 6. The Labute approximate surface area is 727 Å². The molecule has 0 saturated heterocycles. The van der Waals surface area contributed by atoms with E-state index in [1.165, 1.54) is 253 Å². The number of rotatable bonds is 24. The smallest absolute Gasteiger partial charge is 0.134 e. The molecule has 1 aliphatic carbocycles. The average Bonchev–Trinajstić information content (AvgIpc) is 1.68. The molecule has 11 rings (SSSR count). The van der Waals surface area contributed by atoms with Crippen molar-refractivity contribution in [1.29, 1.82) is 0 Å². The van der Waals surface area contributed by atoms with E-state index in [1.807, 2.05) is 0 Å². The van der Waals surface area contributed by atoms with E-state index in [-0.39, 0.29) is 40.2 Å². The molecule has 0 atom stereocenters. The molecule has 4 heterocycles. The van der Waals surface area contributed by atoms with E-state index in [0.29, 0.717) is 0 Å². The number of unbranched alkanes of at least 4 members (excludes halogenated alkanes) is 10. The number of halogens is 2. The molecule has 0 amide bonds. The topological polar surface area (TPSA) is 70.0 Å². The van der Waals surface area contributed by atoms with Gasteiger partial charge in [0, 0.05) is 63.0 Å². The zero-order valence-corrected chi connectivity index (χ0v) is 82.3. The number of ether oxygens (including phenoxy) is 2. The first kappa shape index (κ1) is 93.9. The summed E-state index contributed by atoms with van der Waals surface area (Å²) in [4.78, 5) is 19.7. The fourth-order valence-corrected chi connectivity index (χ4v) is 17.3. The van der Waals surface area contributed by atoms with Gasteiger partial charge in [0.05, 0.1) is 22.2 Å². The van der Waals surface area contributed by atoms with E-state index in [4.69, 9.17) is 29.4 Å². The summed E-state index contributed by atoms with van der Waals surface area (Å²) in [6, 6.07) is 23.6. The molecular formula is C103H128Br2Ir2N4O2-4. The van der Waals surface area contributed by atoms with Gasteiger partial charge in [-0.25, -0.2) is 0 Å². The van der Waals surface area contributed by atoms with Crippen molar-refractivity contribution in [1.82, 2.24) is 19.9 Å². The second kappa shape index (κ2) is 40.8. The summed E-state index contributed by atoms with van der Waals surface area (Å²) in [5.41, 5.74) is 55.7. The van der Waals surface area contributed by atoms with E-state index in [1.54, 1.807) is 0 Å². The molecule has 0 N–H and O–H groups in total. The Kier molecular flexibility index (Phi) is 33.9. The van der Waals surface area contributed by atoms with Crippen LogP contribution in [0.3, 0.4) is 0 Å². The van der Waals surface area contributed by atoms with E-state index < -0.39 is 0 Å². The Hall–Kier alpha value is -6.22. The number of benzene rings is 6. The fraction of sp³-hybridized carbons (Fsp3) is 0.456. The molecule has 6 aromatic carbocycles. The maximum Gasteiger partial charge on any atom is 0.134 e. The van der Waals surface area contributed by atoms with Crippen LogP contribution in [0.1, 0.15) is 267 Å². The molecule has 113 heavy (non-hydrogen) atoms. The van der Waals surface area contributed by atoms with Crippen LogP contribution >= 0.6 is 31.9 Å². The van der Waals surface area contributed by atoms with Gasteiger partial charge in [-0.1, -0.05) is 218 Å². The molecule has 0 bridgehead atoms. The van der Waals surface area contributed by atoms with Gasteiger partial charge in [-0.05, 0) is 253 Å². The zero-order chi connectivity index (χ0) is 81.6. The number of fused-ring (bicyclic) bond motifs is 3. The Morgan fingerprint density at radius 2 is 0.504 bits per heavy atom. The molecule has 10 heteroatoms. The van der Waals surface area contributed by atoms with Gasteiger partial charge in [-0.2, -0.15) is 0 Å². The Bertz CT molecular complexity index is 4750. The minimum atomic E-state index is 0. The summed E-state index contributed by atoms with van der Waals surface area (Å²) in [7, 11) is 0. The second-order valence-corrected chi connectivity index (χ2v) is 34.6. The second-order valence-electron chi connectivity index (χ2n) is 32.9. The average molecular weight is 2000 g/mol. The molecule has 4 aromatic heterocycles. The fourth-order valence-electron chi connectivity index (χ4n) is 16.3. The Morgan fingerprint density at radius 3 is 0.788 bits per heavy atom. The first-order valence-electron chi connectivity index (χ1n) is 41.1. The van der Waals surface area contributed by atoms with Crippen molar-refractivity contribution < 1.29 is 49.7 Å². The minimum absolute atomic E-state index is 0. The zero-order valence-electron chi connectivity index (χ0n) is 74.4. The van der Waals surface area contributed by atoms with Crippen LogP contribution in [0.5, 0.6) is 11.5 Å². The molecule has 10 aromatic rings. The molecular weight excluding hydrogens is 1870 g/mol. The molecule has 0 fully saturated rings. The monoisotopic (exact) mass is 2000 g/mol. The molecule has 0 spiro atoms. The first-order chi connectivity index (χ1) is 52.4. The maximum absolute atomic E-state index is 6.42. The number of aryl methyl sites for hydroxylation is 8. The van der Waals surface area contributed by atoms with Crippen LogP contribution in [0.2, 0.25) is 0 Å². The molecule has 0 saturated carbocycles. The summed E-state index contributed by atoms with van der Waals surface area (Å²) in [5.74, 6) is 1.86. The van der Waals surface area contributed by atoms with Crippen molar-refractivity contribution in [3.63, 3.8) is 0 Å². The third-order valence-corrected chi connectivity index (χ3v) is 27.6. The predicted octanol–water partition coefficient (Wildman–Crippen LogP) is 28.8. The van der Waals surface area contributed by atoms with E-state index in [0.717, 1.165) is 122 Å². The number of aromatic nitrogens is 4. The van der Waals surface area contributed by atoms with E-state index in [9.17, 15) is 0 Å². The molecule has 1 aliphatic rings. The molecule has 0 unspecified atom stereocenters. The van der Waals surface area contributed by atoms with E-state index in [2.05, 4.69) is 288 Å². The van der Waals surface area contributed by atoms with Gasteiger partial charge in [-0.15, -0.1) is 136 Å². The first-order valence-corrected chi connectivity index (χ1v) is 42.7. The van der Waals surface area contributed by atoms with E-state index >= 15 is 0 Å². The van der Waals surface area contributed by atoms with Gasteiger partial charge < -0.3 is 29.4 Å². The third kappa shape index (κ3) is 20.8. The van der Waals surface area contributed by atoms with Gasteiger partial charge >= 0.3 is 0 Å². The molecule has 2 radical (unpaired) electrons. The molecule has 6 nitrogen and oxygen atoms in total. The number of hydrogen-bond donors (Lipinski definition) is 0. The van der Waals surface area contributed by atoms with Crippen LogP contribution < -0.4 is 9.47 Å². The Morgan fingerprint density at radius 1 is 0.265 bits per heavy atom. The van der Waals surface area contributed by atoms with Crippen LogP contribution in [0.4, 0.5) is 0 Å². The quantitative estimate of drug-likeness (QED) is 0.0443. The summed E-state index contributed by atoms with van der Waals surface area (Å²) < 4.78 is 14.9. The van der Waals surface area contributed by atoms with Crippen LogP contribution in [0, 0.1) is 232 Å². The van der Waals surface area contributed by atoms with Gasteiger partial charge in [0.2, 0.25) is 0 Å². The van der Waals surface area contributed by atoms with Gasteiger partial charge in [-0.3, -0.25) is 0 Å². The van der Waals surface area contributed by atoms with Crippen molar-refractivity contribution in [3.05, 3.63) is 247 Å². The minimum Gasteiger partial charge on any atom is -0.492 e. The Balaban J connectivity index is 0.000000340. The molecule has 0 aliphatic heterocycles. The molecule has 608 valence electrons. The number of pyridine rings is 4. The van der Waals surface area contributed by atoms with Crippen molar-refractivity contribution in [2.24, 2.45) is 0 Å². The number of nitrogens with zero attached hydrogens (tertiary/aromatic N) is 4. The predicted molar refractivity (Wildman–Crippen MR) is 480 cm³/mol. The third-order valence-electron chi connectivity index (χ3n) is 26.4. The summed E-state index contributed by atoms with van der Waals surface area (Å²) in [6.45, 7) is 67.0. The van der Waals surface area contributed by atoms with Crippen molar-refractivity contribution in [2.75, 3.05) is 13.2 Å². The largest absolute Gasteiger partial charge is 0.492 e. The SMILES string of the molecule is Cc1[c-]c(-c2nc(C)c(C)c(C)c2C)c(C)c(C)c1C.Cc1[c-]c(-c2nc(C)c(C)c(C)c2C)c(C)c(C)c1C.Cc1[c-]c(-c2nc(C)c(C)c(C)c2C)c(C)c(C)c1CCCCCCCCOc1cc2c(cc1Br)Cc1cc(Br)c(OCCCCCCCCc3c(C)[c-]c(-c4nc(C)c(C)c(C)c4C)c(C)c3C)cc1-2.[Ir].[Ir]. The van der Waals surface area contributed by atoms with Gasteiger partial charge in [0.15, 0.2) is 0 Å². The van der Waals surface area contributed by atoms with Crippen LogP contribution in [-0.4, -0.2) is 33.1 Å². The summed E-state index contributed by atoms with van der Waals surface area (Å²) >= 11 is 7.66. The van der Waals surface area contributed by atoms with Crippen LogP contribution in [0.25, 0.3) is 56.2 Å². The normalized spacial score (nSPS) is 11.4. The summed E-state index contributed by atoms with van der Waals surface area (Å²) in [6.07, 6.45) is 17.5. The van der Waals surface area contributed by atoms with Crippen LogP contribution in [0.15, 0.2) is 33.2 Å².